The van der Waals surface area contributed by atoms with Gasteiger partial charge in [-0.15, -0.1) is 12.4 Å². The minimum Gasteiger partial charge on any atom is -0.349 e. The predicted molar refractivity (Wildman–Crippen MR) is 77.5 cm³/mol. The topological polar surface area (TPSA) is 41.1 Å². The molecule has 0 aromatic heterocycles. The molecular formula is C12H13BrCl2N2O. The van der Waals surface area contributed by atoms with Gasteiger partial charge in [0.25, 0.3) is 5.91 Å². The molecule has 2 aliphatic rings. The standard InChI is InChI=1S/C12H12BrClN2O.ClH/c13-6-1-2-10(14)7(3-6)12(17)16-11-8-4-15-5-9(8)11;/h1-3,8-9,11,15H,4-5H2,(H,16,17);1H. The minimum atomic E-state index is -0.0734. The Morgan fingerprint density at radius 3 is 2.72 bits per heavy atom. The van der Waals surface area contributed by atoms with E-state index in [0.717, 1.165) is 17.6 Å². The molecule has 98 valence electrons. The molecule has 1 aliphatic carbocycles. The van der Waals surface area contributed by atoms with Crippen LogP contribution >= 0.6 is 39.9 Å². The first-order chi connectivity index (χ1) is 8.16. The number of piperidine rings is 1. The molecule has 1 amide bonds. The van der Waals surface area contributed by atoms with Crippen molar-refractivity contribution >= 4 is 45.8 Å². The number of hydrogen-bond acceptors (Lipinski definition) is 2. The zero-order chi connectivity index (χ0) is 12.0. The van der Waals surface area contributed by atoms with Crippen molar-refractivity contribution in [2.24, 2.45) is 11.8 Å². The average molecular weight is 352 g/mol. The highest BCUT2D eigenvalue weighted by Gasteiger charge is 2.53. The molecule has 0 bridgehead atoms. The van der Waals surface area contributed by atoms with Crippen molar-refractivity contribution in [3.8, 4) is 0 Å². The first-order valence-electron chi connectivity index (χ1n) is 5.63. The lowest BCUT2D eigenvalue weighted by Gasteiger charge is -2.09. The molecule has 1 heterocycles. The zero-order valence-corrected chi connectivity index (χ0v) is 12.6. The zero-order valence-electron chi connectivity index (χ0n) is 9.45. The third-order valence-electron chi connectivity index (χ3n) is 3.56. The number of nitrogens with one attached hydrogen (secondary N) is 2. The smallest absolute Gasteiger partial charge is 0.253 e. The summed E-state index contributed by atoms with van der Waals surface area (Å²) >= 11 is 9.37. The second kappa shape index (κ2) is 5.37. The number of hydrogen-bond donors (Lipinski definition) is 2. The van der Waals surface area contributed by atoms with Gasteiger partial charge in [-0.3, -0.25) is 4.79 Å². The summed E-state index contributed by atoms with van der Waals surface area (Å²) in [4.78, 5) is 12.1. The van der Waals surface area contributed by atoms with Crippen molar-refractivity contribution in [3.05, 3.63) is 33.3 Å². The summed E-state index contributed by atoms with van der Waals surface area (Å²) in [6, 6.07) is 5.65. The van der Waals surface area contributed by atoms with Crippen molar-refractivity contribution in [1.82, 2.24) is 10.6 Å². The highest BCUT2D eigenvalue weighted by molar-refractivity contribution is 9.10. The molecule has 2 atom stereocenters. The van der Waals surface area contributed by atoms with E-state index in [4.69, 9.17) is 11.6 Å². The number of halogens is 3. The van der Waals surface area contributed by atoms with E-state index in [1.807, 2.05) is 6.07 Å². The van der Waals surface area contributed by atoms with Crippen molar-refractivity contribution in [2.75, 3.05) is 13.1 Å². The van der Waals surface area contributed by atoms with Crippen LogP contribution in [-0.4, -0.2) is 25.0 Å². The Labute approximate surface area is 125 Å². The monoisotopic (exact) mass is 350 g/mol. The fraction of sp³-hybridized carbons (Fsp3) is 0.417. The van der Waals surface area contributed by atoms with E-state index < -0.39 is 0 Å². The van der Waals surface area contributed by atoms with Gasteiger partial charge in [-0.25, -0.2) is 0 Å². The van der Waals surface area contributed by atoms with Gasteiger partial charge in [-0.1, -0.05) is 27.5 Å². The molecule has 1 saturated heterocycles. The molecule has 18 heavy (non-hydrogen) atoms. The van der Waals surface area contributed by atoms with Gasteiger partial charge in [-0.2, -0.15) is 0 Å². The highest BCUT2D eigenvalue weighted by Crippen LogP contribution is 2.41. The van der Waals surface area contributed by atoms with Crippen molar-refractivity contribution in [1.29, 1.82) is 0 Å². The van der Waals surface area contributed by atoms with Gasteiger partial charge < -0.3 is 10.6 Å². The van der Waals surface area contributed by atoms with Crippen molar-refractivity contribution < 1.29 is 4.79 Å². The average Bonchev–Trinajstić information content (AvgIpc) is 2.76. The van der Waals surface area contributed by atoms with Gasteiger partial charge in [0, 0.05) is 23.6 Å². The Kier molecular flexibility index (Phi) is 4.22. The molecular weight excluding hydrogens is 339 g/mol. The summed E-state index contributed by atoms with van der Waals surface area (Å²) in [7, 11) is 0. The quantitative estimate of drug-likeness (QED) is 0.859. The van der Waals surface area contributed by atoms with Gasteiger partial charge in [0.15, 0.2) is 0 Å². The molecule has 3 rings (SSSR count). The largest absolute Gasteiger partial charge is 0.349 e. The van der Waals surface area contributed by atoms with Crippen LogP contribution in [0.5, 0.6) is 0 Å². The SMILES string of the molecule is Cl.O=C(NC1C2CNCC21)c1cc(Br)ccc1Cl. The number of carbonyl (C=O) groups excluding carboxylic acids is 1. The van der Waals surface area contributed by atoms with Crippen LogP contribution in [0.2, 0.25) is 5.02 Å². The molecule has 1 aromatic carbocycles. The van der Waals surface area contributed by atoms with Crippen LogP contribution in [-0.2, 0) is 0 Å². The Bertz CT molecular complexity index is 473. The maximum Gasteiger partial charge on any atom is 0.253 e. The van der Waals surface area contributed by atoms with Crippen LogP contribution in [0.3, 0.4) is 0 Å². The molecule has 2 N–H and O–H groups in total. The summed E-state index contributed by atoms with van der Waals surface area (Å²) in [6.07, 6.45) is 0. The maximum atomic E-state index is 12.1. The van der Waals surface area contributed by atoms with Gasteiger partial charge in [0.2, 0.25) is 0 Å². The van der Waals surface area contributed by atoms with Gasteiger partial charge >= 0.3 is 0 Å². The molecule has 2 unspecified atom stereocenters. The van der Waals surface area contributed by atoms with Crippen molar-refractivity contribution in [2.45, 2.75) is 6.04 Å². The maximum absolute atomic E-state index is 12.1. The first kappa shape index (κ1) is 14.1. The summed E-state index contributed by atoms with van der Waals surface area (Å²) in [5, 5.41) is 6.85. The highest BCUT2D eigenvalue weighted by atomic mass is 79.9. The second-order valence-corrected chi connectivity index (χ2v) is 5.93. The van der Waals surface area contributed by atoms with E-state index in [1.165, 1.54) is 0 Å². The number of benzene rings is 1. The van der Waals surface area contributed by atoms with Crippen LogP contribution < -0.4 is 10.6 Å². The lowest BCUT2D eigenvalue weighted by atomic mass is 10.2. The van der Waals surface area contributed by atoms with Crippen LogP contribution in [0.15, 0.2) is 22.7 Å². The lowest BCUT2D eigenvalue weighted by Crippen LogP contribution is -2.32. The van der Waals surface area contributed by atoms with Crippen LogP contribution in [0.25, 0.3) is 0 Å². The lowest BCUT2D eigenvalue weighted by molar-refractivity contribution is 0.0946. The summed E-state index contributed by atoms with van der Waals surface area (Å²) < 4.78 is 0.865. The number of fused-ring (bicyclic) bond motifs is 1. The molecule has 0 radical (unpaired) electrons. The van der Waals surface area contributed by atoms with E-state index in [-0.39, 0.29) is 18.3 Å². The molecule has 2 fully saturated rings. The molecule has 1 saturated carbocycles. The van der Waals surface area contributed by atoms with Crippen LogP contribution in [0, 0.1) is 11.8 Å². The fourth-order valence-corrected chi connectivity index (χ4v) is 3.10. The van der Waals surface area contributed by atoms with E-state index in [2.05, 4.69) is 26.6 Å². The van der Waals surface area contributed by atoms with Crippen LogP contribution in [0.4, 0.5) is 0 Å². The predicted octanol–water partition coefficient (Wildman–Crippen LogP) is 2.47. The molecule has 0 spiro atoms. The van der Waals surface area contributed by atoms with Crippen LogP contribution in [0.1, 0.15) is 10.4 Å². The van der Waals surface area contributed by atoms with E-state index >= 15 is 0 Å². The Hall–Kier alpha value is -0.290. The molecule has 3 nitrogen and oxygen atoms in total. The number of carbonyl (C=O) groups is 1. The summed E-state index contributed by atoms with van der Waals surface area (Å²) in [5.74, 6) is 1.16. The van der Waals surface area contributed by atoms with E-state index in [0.29, 0.717) is 28.5 Å². The Balaban J connectivity index is 0.00000120. The van der Waals surface area contributed by atoms with E-state index in [9.17, 15) is 4.79 Å². The number of rotatable bonds is 2. The normalized spacial score (nSPS) is 28.2. The third-order valence-corrected chi connectivity index (χ3v) is 4.39. The van der Waals surface area contributed by atoms with Gasteiger partial charge in [0.05, 0.1) is 10.6 Å². The Morgan fingerprint density at radius 2 is 2.06 bits per heavy atom. The van der Waals surface area contributed by atoms with E-state index in [1.54, 1.807) is 12.1 Å². The Morgan fingerprint density at radius 1 is 1.39 bits per heavy atom. The minimum absolute atomic E-state index is 0. The summed E-state index contributed by atoms with van der Waals surface area (Å²) in [6.45, 7) is 2.03. The van der Waals surface area contributed by atoms with Gasteiger partial charge in [-0.05, 0) is 30.0 Å². The van der Waals surface area contributed by atoms with Gasteiger partial charge in [0.1, 0.15) is 0 Å². The molecule has 1 aliphatic heterocycles. The van der Waals surface area contributed by atoms with Crippen molar-refractivity contribution in [3.63, 3.8) is 0 Å². The molecule has 6 heteroatoms. The fourth-order valence-electron chi connectivity index (χ4n) is 2.53. The second-order valence-electron chi connectivity index (χ2n) is 4.61. The third kappa shape index (κ3) is 2.52. The molecule has 1 aromatic rings. The first-order valence-corrected chi connectivity index (χ1v) is 6.80. The number of amides is 1. The summed E-state index contributed by atoms with van der Waals surface area (Å²) in [5.41, 5.74) is 0.541.